The number of ether oxygens (including phenoxy) is 1. The van der Waals surface area contributed by atoms with Crippen LogP contribution in [0.5, 0.6) is 0 Å². The molecule has 6 heteroatoms. The number of allylic oxidation sites excluding steroid dienone is 4. The lowest BCUT2D eigenvalue weighted by Gasteiger charge is -2.22. The number of carbonyl (C=O) groups is 2. The van der Waals surface area contributed by atoms with Gasteiger partial charge in [0.2, 0.25) is 5.91 Å². The Bertz CT molecular complexity index is 1090. The average Bonchev–Trinajstić information content (AvgIpc) is 3.36. The molecule has 6 nitrogen and oxygen atoms in total. The zero-order chi connectivity index (χ0) is 50.7. The molecular weight excluding hydrogens is 863 g/mol. The van der Waals surface area contributed by atoms with Gasteiger partial charge in [0.1, 0.15) is 0 Å². The summed E-state index contributed by atoms with van der Waals surface area (Å²) in [5.41, 5.74) is 0. The zero-order valence-electron chi connectivity index (χ0n) is 47.3. The number of aliphatic hydroxyl groups is 2. The molecule has 0 aliphatic rings. The highest BCUT2D eigenvalue weighted by atomic mass is 16.5. The Morgan fingerprint density at radius 1 is 0.386 bits per heavy atom. The fraction of sp³-hybridized carbons (Fsp3) is 0.906. The van der Waals surface area contributed by atoms with Crippen LogP contribution in [0.2, 0.25) is 0 Å². The molecule has 0 heterocycles. The standard InChI is InChI=1S/C64H123NO5/c1-3-5-7-9-11-13-15-17-19-21-24-28-32-36-40-44-48-52-56-62(67)61(60-66)65-63(68)57-53-49-45-41-37-33-29-25-23-27-31-35-39-43-47-51-55-59-70-64(69)58-54-50-46-42-38-34-30-26-22-20-18-16-14-12-10-8-6-4-2/h20,22-23,27,61-62,66-67H,3-19,21,24-26,28-60H2,1-2H3,(H,65,68)/b22-20-,27-23-. The van der Waals surface area contributed by atoms with Crippen LogP contribution in [0, 0.1) is 0 Å². The van der Waals surface area contributed by atoms with Crippen molar-refractivity contribution in [1.82, 2.24) is 5.32 Å². The average molecular weight is 987 g/mol. The van der Waals surface area contributed by atoms with Crippen molar-refractivity contribution in [2.75, 3.05) is 13.2 Å². The highest BCUT2D eigenvalue weighted by Crippen LogP contribution is 2.18. The Hall–Kier alpha value is -1.66. The Labute approximate surface area is 437 Å². The number of hydrogen-bond acceptors (Lipinski definition) is 5. The molecule has 0 radical (unpaired) electrons. The summed E-state index contributed by atoms with van der Waals surface area (Å²) in [6.45, 7) is 4.95. The zero-order valence-corrected chi connectivity index (χ0v) is 47.3. The van der Waals surface area contributed by atoms with E-state index in [4.69, 9.17) is 4.74 Å². The number of nitrogens with one attached hydrogen (secondary N) is 1. The van der Waals surface area contributed by atoms with Crippen LogP contribution in [-0.4, -0.2) is 47.4 Å². The topological polar surface area (TPSA) is 95.9 Å². The molecule has 2 unspecified atom stereocenters. The highest BCUT2D eigenvalue weighted by Gasteiger charge is 2.20. The number of carbonyl (C=O) groups excluding carboxylic acids is 2. The molecule has 0 aliphatic carbocycles. The van der Waals surface area contributed by atoms with E-state index in [1.165, 1.54) is 257 Å². The number of hydrogen-bond donors (Lipinski definition) is 3. The molecule has 70 heavy (non-hydrogen) atoms. The van der Waals surface area contributed by atoms with Gasteiger partial charge >= 0.3 is 5.97 Å². The van der Waals surface area contributed by atoms with Crippen molar-refractivity contribution in [3.63, 3.8) is 0 Å². The first-order chi connectivity index (χ1) is 34.5. The number of aliphatic hydroxyl groups excluding tert-OH is 2. The van der Waals surface area contributed by atoms with Crippen molar-refractivity contribution in [3.05, 3.63) is 24.3 Å². The summed E-state index contributed by atoms with van der Waals surface area (Å²) in [4.78, 5) is 24.6. The normalized spacial score (nSPS) is 12.7. The molecule has 0 aliphatic heterocycles. The lowest BCUT2D eigenvalue weighted by molar-refractivity contribution is -0.143. The van der Waals surface area contributed by atoms with Crippen molar-refractivity contribution >= 4 is 11.9 Å². The quantitative estimate of drug-likeness (QED) is 0.0321. The summed E-state index contributed by atoms with van der Waals surface area (Å²) in [7, 11) is 0. The van der Waals surface area contributed by atoms with Gasteiger partial charge in [0.05, 0.1) is 25.4 Å². The summed E-state index contributed by atoms with van der Waals surface area (Å²) < 4.78 is 5.48. The van der Waals surface area contributed by atoms with Gasteiger partial charge in [0.15, 0.2) is 0 Å². The second kappa shape index (κ2) is 59.9. The van der Waals surface area contributed by atoms with Crippen molar-refractivity contribution in [1.29, 1.82) is 0 Å². The summed E-state index contributed by atoms with van der Waals surface area (Å²) in [6.07, 6.45) is 73.2. The Kier molecular flexibility index (Phi) is 58.5. The SMILES string of the molecule is CCCCCCCCC/C=C\CCCCCCCCCC(=O)OCCCCCCCC/C=C\CCCCCCCCCC(=O)NC(CO)C(O)CCCCCCCCCCCCCCCCCCCC. The maximum atomic E-state index is 12.5. The Morgan fingerprint density at radius 3 is 1.01 bits per heavy atom. The molecule has 0 saturated carbocycles. The largest absolute Gasteiger partial charge is 0.466 e. The summed E-state index contributed by atoms with van der Waals surface area (Å²) in [5, 5.41) is 23.3. The van der Waals surface area contributed by atoms with E-state index in [2.05, 4.69) is 43.5 Å². The van der Waals surface area contributed by atoms with Gasteiger partial charge in [-0.05, 0) is 77.0 Å². The van der Waals surface area contributed by atoms with Gasteiger partial charge in [0, 0.05) is 12.8 Å². The molecule has 0 aromatic heterocycles. The third-order valence-electron chi connectivity index (χ3n) is 14.7. The summed E-state index contributed by atoms with van der Waals surface area (Å²) in [5.74, 6) is -0.0484. The smallest absolute Gasteiger partial charge is 0.305 e. The molecule has 3 N–H and O–H groups in total. The van der Waals surface area contributed by atoms with E-state index in [9.17, 15) is 19.8 Å². The van der Waals surface area contributed by atoms with Crippen molar-refractivity contribution in [2.45, 2.75) is 360 Å². The molecule has 0 saturated heterocycles. The van der Waals surface area contributed by atoms with E-state index in [0.29, 0.717) is 25.9 Å². The lowest BCUT2D eigenvalue weighted by Crippen LogP contribution is -2.45. The first kappa shape index (κ1) is 68.3. The van der Waals surface area contributed by atoms with Gasteiger partial charge in [0.25, 0.3) is 0 Å². The first-order valence-electron chi connectivity index (χ1n) is 31.6. The van der Waals surface area contributed by atoms with Crippen molar-refractivity contribution in [3.8, 4) is 0 Å². The highest BCUT2D eigenvalue weighted by molar-refractivity contribution is 5.76. The molecule has 0 fully saturated rings. The van der Waals surface area contributed by atoms with E-state index < -0.39 is 12.1 Å². The van der Waals surface area contributed by atoms with Crippen molar-refractivity contribution in [2.24, 2.45) is 0 Å². The number of unbranched alkanes of at least 4 members (excludes halogenated alkanes) is 44. The van der Waals surface area contributed by atoms with Gasteiger partial charge in [-0.25, -0.2) is 0 Å². The minimum atomic E-state index is -0.673. The first-order valence-corrected chi connectivity index (χ1v) is 31.6. The van der Waals surface area contributed by atoms with E-state index >= 15 is 0 Å². The molecule has 1 amide bonds. The van der Waals surface area contributed by atoms with Crippen molar-refractivity contribution < 1.29 is 24.5 Å². The molecule has 0 aromatic rings. The van der Waals surface area contributed by atoms with E-state index in [0.717, 1.165) is 57.8 Å². The fourth-order valence-electron chi connectivity index (χ4n) is 9.87. The second-order valence-corrected chi connectivity index (χ2v) is 21.7. The van der Waals surface area contributed by atoms with Crippen LogP contribution in [0.3, 0.4) is 0 Å². The number of rotatable bonds is 59. The maximum absolute atomic E-state index is 12.5. The van der Waals surface area contributed by atoms with E-state index in [-0.39, 0.29) is 18.5 Å². The molecule has 0 bridgehead atoms. The maximum Gasteiger partial charge on any atom is 0.305 e. The predicted octanol–water partition coefficient (Wildman–Crippen LogP) is 19.8. The van der Waals surface area contributed by atoms with Gasteiger partial charge < -0.3 is 20.3 Å². The molecular formula is C64H123NO5. The Morgan fingerprint density at radius 2 is 0.671 bits per heavy atom. The van der Waals surface area contributed by atoms with Crippen LogP contribution < -0.4 is 5.32 Å². The monoisotopic (exact) mass is 986 g/mol. The van der Waals surface area contributed by atoms with Gasteiger partial charge in [-0.15, -0.1) is 0 Å². The van der Waals surface area contributed by atoms with E-state index in [1.54, 1.807) is 0 Å². The minimum Gasteiger partial charge on any atom is -0.466 e. The van der Waals surface area contributed by atoms with Gasteiger partial charge in [-0.2, -0.15) is 0 Å². The third-order valence-corrected chi connectivity index (χ3v) is 14.7. The second-order valence-electron chi connectivity index (χ2n) is 21.7. The molecule has 0 rings (SSSR count). The number of amides is 1. The van der Waals surface area contributed by atoms with Crippen LogP contribution in [0.25, 0.3) is 0 Å². The molecule has 2 atom stereocenters. The van der Waals surface area contributed by atoms with Crippen LogP contribution in [-0.2, 0) is 14.3 Å². The number of esters is 1. The van der Waals surface area contributed by atoms with E-state index in [1.807, 2.05) is 0 Å². The summed E-state index contributed by atoms with van der Waals surface area (Å²) >= 11 is 0. The van der Waals surface area contributed by atoms with Crippen LogP contribution in [0.1, 0.15) is 348 Å². The van der Waals surface area contributed by atoms with Gasteiger partial charge in [-0.1, -0.05) is 282 Å². The summed E-state index contributed by atoms with van der Waals surface area (Å²) in [6, 6.07) is -0.551. The molecule has 0 spiro atoms. The fourth-order valence-corrected chi connectivity index (χ4v) is 9.87. The lowest BCUT2D eigenvalue weighted by atomic mass is 10.0. The van der Waals surface area contributed by atoms with Crippen LogP contribution in [0.15, 0.2) is 24.3 Å². The Balaban J connectivity index is 3.44. The molecule has 0 aromatic carbocycles. The molecule has 414 valence electrons. The predicted molar refractivity (Wildman–Crippen MR) is 306 cm³/mol. The van der Waals surface area contributed by atoms with Crippen LogP contribution >= 0.6 is 0 Å². The van der Waals surface area contributed by atoms with Crippen LogP contribution in [0.4, 0.5) is 0 Å². The minimum absolute atomic E-state index is 0.00401. The van der Waals surface area contributed by atoms with Gasteiger partial charge in [-0.3, -0.25) is 9.59 Å². The third kappa shape index (κ3) is 55.7.